The van der Waals surface area contributed by atoms with Crippen LogP contribution >= 0.6 is 39.3 Å². The Labute approximate surface area is 151 Å². The molecular weight excluding hydrogens is 400 g/mol. The number of benzene rings is 1. The predicted octanol–water partition coefficient (Wildman–Crippen LogP) is 4.84. The molecule has 0 bridgehead atoms. The Balaban J connectivity index is 2.25. The van der Waals surface area contributed by atoms with Crippen molar-refractivity contribution in [3.63, 3.8) is 0 Å². The molecule has 118 valence electrons. The van der Waals surface area contributed by atoms with E-state index in [1.807, 2.05) is 18.2 Å². The van der Waals surface area contributed by atoms with E-state index in [2.05, 4.69) is 15.9 Å². The van der Waals surface area contributed by atoms with Crippen LogP contribution in [-0.2, 0) is 4.79 Å². The maximum atomic E-state index is 11.9. The fraction of sp³-hybridized carbons (Fsp3) is 0.125. The van der Waals surface area contributed by atoms with Crippen molar-refractivity contribution in [1.29, 1.82) is 5.26 Å². The summed E-state index contributed by atoms with van der Waals surface area (Å²) >= 11 is 10.7. The zero-order valence-corrected chi connectivity index (χ0v) is 15.5. The molecule has 7 heteroatoms. The van der Waals surface area contributed by atoms with Crippen LogP contribution in [0, 0.1) is 11.3 Å². The number of halogens is 2. The number of nitriles is 1. The molecule has 0 aliphatic heterocycles. The van der Waals surface area contributed by atoms with Gasteiger partial charge in [0.2, 0.25) is 0 Å². The van der Waals surface area contributed by atoms with E-state index in [0.717, 1.165) is 9.37 Å². The van der Waals surface area contributed by atoms with Crippen LogP contribution in [0.4, 0.5) is 0 Å². The number of carbonyl (C=O) groups is 1. The van der Waals surface area contributed by atoms with Gasteiger partial charge in [-0.2, -0.15) is 5.26 Å². The molecule has 0 N–H and O–H groups in total. The Kier molecular flexibility index (Phi) is 5.94. The van der Waals surface area contributed by atoms with E-state index in [1.54, 1.807) is 32.3 Å². The van der Waals surface area contributed by atoms with Crippen molar-refractivity contribution in [2.45, 2.75) is 9.99 Å². The lowest BCUT2D eigenvalue weighted by Crippen LogP contribution is -2.22. The second-order valence-corrected chi connectivity index (χ2v) is 7.05. The van der Waals surface area contributed by atoms with Crippen molar-refractivity contribution in [2.24, 2.45) is 0 Å². The number of furan rings is 1. The number of hydrogen-bond acceptors (Lipinski definition) is 4. The highest BCUT2D eigenvalue weighted by Gasteiger charge is 2.14. The Morgan fingerprint density at radius 3 is 2.61 bits per heavy atom. The largest absolute Gasteiger partial charge is 0.449 e. The van der Waals surface area contributed by atoms with Gasteiger partial charge < -0.3 is 9.32 Å². The van der Waals surface area contributed by atoms with Crippen molar-refractivity contribution in [3.05, 3.63) is 51.2 Å². The Morgan fingerprint density at radius 2 is 2.04 bits per heavy atom. The standard InChI is InChI=1S/C16H12BrClN2O2S/c1-20(2)15(21)10(9-19)7-12-8-14(17)16(22-12)23-13-5-3-11(18)4-6-13/h3-8H,1-2H3/b10-7-. The molecule has 0 saturated carbocycles. The minimum Gasteiger partial charge on any atom is -0.449 e. The summed E-state index contributed by atoms with van der Waals surface area (Å²) in [7, 11) is 3.18. The smallest absolute Gasteiger partial charge is 0.264 e. The van der Waals surface area contributed by atoms with Gasteiger partial charge in [-0.1, -0.05) is 23.4 Å². The van der Waals surface area contributed by atoms with E-state index >= 15 is 0 Å². The van der Waals surface area contributed by atoms with Crippen LogP contribution in [0.15, 0.2) is 54.8 Å². The van der Waals surface area contributed by atoms with Gasteiger partial charge in [-0.25, -0.2) is 0 Å². The first-order chi connectivity index (χ1) is 10.9. The molecule has 0 aliphatic rings. The highest BCUT2D eigenvalue weighted by atomic mass is 79.9. The normalized spacial score (nSPS) is 11.2. The molecule has 1 aromatic carbocycles. The third-order valence-corrected chi connectivity index (χ3v) is 4.84. The summed E-state index contributed by atoms with van der Waals surface area (Å²) in [6.07, 6.45) is 1.43. The first kappa shape index (κ1) is 17.7. The molecule has 2 aromatic rings. The highest BCUT2D eigenvalue weighted by molar-refractivity contribution is 9.10. The summed E-state index contributed by atoms with van der Waals surface area (Å²) < 4.78 is 6.44. The van der Waals surface area contributed by atoms with Crippen molar-refractivity contribution in [3.8, 4) is 6.07 Å². The van der Waals surface area contributed by atoms with Crippen molar-refractivity contribution in [1.82, 2.24) is 4.90 Å². The van der Waals surface area contributed by atoms with Gasteiger partial charge in [0.15, 0.2) is 5.09 Å². The van der Waals surface area contributed by atoms with Crippen LogP contribution in [0.25, 0.3) is 6.08 Å². The van der Waals surface area contributed by atoms with Crippen LogP contribution in [-0.4, -0.2) is 24.9 Å². The summed E-state index contributed by atoms with van der Waals surface area (Å²) in [5.41, 5.74) is 0.0132. The van der Waals surface area contributed by atoms with Crippen LogP contribution in [0.5, 0.6) is 0 Å². The van der Waals surface area contributed by atoms with Crippen LogP contribution in [0.3, 0.4) is 0 Å². The van der Waals surface area contributed by atoms with Gasteiger partial charge in [-0.05, 0) is 46.3 Å². The van der Waals surface area contributed by atoms with E-state index in [1.165, 1.54) is 22.7 Å². The van der Waals surface area contributed by atoms with E-state index < -0.39 is 0 Å². The Morgan fingerprint density at radius 1 is 1.39 bits per heavy atom. The van der Waals surface area contributed by atoms with Gasteiger partial charge in [-0.3, -0.25) is 4.79 Å². The molecule has 0 aliphatic carbocycles. The maximum Gasteiger partial charge on any atom is 0.264 e. The Hall–Kier alpha value is -1.68. The van der Waals surface area contributed by atoms with Gasteiger partial charge in [0.1, 0.15) is 17.4 Å². The molecule has 0 atom stereocenters. The molecule has 0 saturated heterocycles. The summed E-state index contributed by atoms with van der Waals surface area (Å²) in [5, 5.41) is 10.4. The average molecular weight is 412 g/mol. The quantitative estimate of drug-likeness (QED) is 0.533. The van der Waals surface area contributed by atoms with Crippen LogP contribution < -0.4 is 0 Å². The van der Waals surface area contributed by atoms with E-state index in [0.29, 0.717) is 15.9 Å². The summed E-state index contributed by atoms with van der Waals surface area (Å²) in [5.74, 6) is 0.0621. The fourth-order valence-corrected chi connectivity index (χ4v) is 3.10. The van der Waals surface area contributed by atoms with Gasteiger partial charge in [0.05, 0.1) is 4.47 Å². The summed E-state index contributed by atoms with van der Waals surface area (Å²) in [4.78, 5) is 14.2. The van der Waals surface area contributed by atoms with Crippen molar-refractivity contribution >= 4 is 51.3 Å². The summed E-state index contributed by atoms with van der Waals surface area (Å²) in [6, 6.07) is 11.0. The number of hydrogen-bond donors (Lipinski definition) is 0. The topological polar surface area (TPSA) is 57.2 Å². The number of amides is 1. The highest BCUT2D eigenvalue weighted by Crippen LogP contribution is 2.36. The lowest BCUT2D eigenvalue weighted by atomic mass is 10.2. The second-order valence-electron chi connectivity index (χ2n) is 4.71. The van der Waals surface area contributed by atoms with Crippen LogP contribution in [0.2, 0.25) is 5.02 Å². The summed E-state index contributed by atoms with van der Waals surface area (Å²) in [6.45, 7) is 0. The molecule has 0 fully saturated rings. The minimum atomic E-state index is -0.369. The zero-order valence-electron chi connectivity index (χ0n) is 12.3. The number of likely N-dealkylation sites (N-methyl/N-ethyl adjacent to an activating group) is 1. The van der Waals surface area contributed by atoms with Crippen LogP contribution in [0.1, 0.15) is 5.76 Å². The van der Waals surface area contributed by atoms with Gasteiger partial charge in [-0.15, -0.1) is 0 Å². The number of rotatable bonds is 4. The van der Waals surface area contributed by atoms with Crippen molar-refractivity contribution < 1.29 is 9.21 Å². The van der Waals surface area contributed by atoms with E-state index in [-0.39, 0.29) is 11.5 Å². The van der Waals surface area contributed by atoms with Gasteiger partial charge in [0.25, 0.3) is 5.91 Å². The molecule has 0 unspecified atom stereocenters. The molecule has 1 aromatic heterocycles. The van der Waals surface area contributed by atoms with Gasteiger partial charge in [0, 0.05) is 30.1 Å². The number of carbonyl (C=O) groups excluding carboxylic acids is 1. The molecule has 0 radical (unpaired) electrons. The Bertz CT molecular complexity index is 791. The van der Waals surface area contributed by atoms with Gasteiger partial charge >= 0.3 is 0 Å². The van der Waals surface area contributed by atoms with E-state index in [4.69, 9.17) is 21.3 Å². The SMILES string of the molecule is CN(C)C(=O)/C(C#N)=C\c1cc(Br)c(Sc2ccc(Cl)cc2)o1. The molecular formula is C16H12BrClN2O2S. The predicted molar refractivity (Wildman–Crippen MR) is 94.3 cm³/mol. The third-order valence-electron chi connectivity index (χ3n) is 2.74. The lowest BCUT2D eigenvalue weighted by Gasteiger charge is -2.07. The first-order valence-corrected chi connectivity index (χ1v) is 8.45. The molecule has 1 heterocycles. The molecule has 23 heavy (non-hydrogen) atoms. The zero-order chi connectivity index (χ0) is 17.0. The monoisotopic (exact) mass is 410 g/mol. The van der Waals surface area contributed by atoms with Crippen molar-refractivity contribution in [2.75, 3.05) is 14.1 Å². The average Bonchev–Trinajstić information content (AvgIpc) is 2.86. The minimum absolute atomic E-state index is 0.0132. The molecule has 2 rings (SSSR count). The molecule has 0 spiro atoms. The number of nitrogens with zero attached hydrogens (tertiary/aromatic N) is 2. The first-order valence-electron chi connectivity index (χ1n) is 6.47. The lowest BCUT2D eigenvalue weighted by molar-refractivity contribution is -0.124. The third kappa shape index (κ3) is 4.64. The maximum absolute atomic E-state index is 11.9. The second kappa shape index (κ2) is 7.73. The fourth-order valence-electron chi connectivity index (χ4n) is 1.64. The molecule has 1 amide bonds. The van der Waals surface area contributed by atoms with E-state index in [9.17, 15) is 4.79 Å². The molecule has 4 nitrogen and oxygen atoms in total.